The fourth-order valence-corrected chi connectivity index (χ4v) is 4.63. The third-order valence-corrected chi connectivity index (χ3v) is 6.81. The number of halogens is 1. The van der Waals surface area contributed by atoms with Crippen molar-refractivity contribution in [2.45, 2.75) is 25.1 Å². The highest BCUT2D eigenvalue weighted by Crippen LogP contribution is 2.34. The molecule has 0 aliphatic carbocycles. The Morgan fingerprint density at radius 1 is 1.54 bits per heavy atom. The van der Waals surface area contributed by atoms with Crippen molar-refractivity contribution in [3.63, 3.8) is 0 Å². The molecule has 1 aliphatic heterocycles. The predicted molar refractivity (Wildman–Crippen MR) is 93.0 cm³/mol. The zero-order valence-electron chi connectivity index (χ0n) is 13.4. The molecule has 0 spiro atoms. The van der Waals surface area contributed by atoms with Crippen LogP contribution in [0.5, 0.6) is 0 Å². The molecule has 1 aliphatic rings. The van der Waals surface area contributed by atoms with Crippen LogP contribution in [0.4, 0.5) is 5.82 Å². The van der Waals surface area contributed by atoms with Crippen molar-refractivity contribution in [2.24, 2.45) is 5.73 Å². The van der Waals surface area contributed by atoms with E-state index in [-0.39, 0.29) is 17.5 Å². The second-order valence-corrected chi connectivity index (χ2v) is 9.05. The topological polar surface area (TPSA) is 104 Å². The molecule has 2 aromatic heterocycles. The lowest BCUT2D eigenvalue weighted by Gasteiger charge is -2.35. The van der Waals surface area contributed by atoms with Crippen LogP contribution in [0.3, 0.4) is 0 Å². The van der Waals surface area contributed by atoms with Gasteiger partial charge in [0.2, 0.25) is 0 Å². The quantitative estimate of drug-likeness (QED) is 0.862. The monoisotopic (exact) mass is 367 g/mol. The average molecular weight is 368 g/mol. The van der Waals surface area contributed by atoms with Gasteiger partial charge in [-0.2, -0.15) is 5.26 Å². The van der Waals surface area contributed by atoms with Gasteiger partial charge in [0.15, 0.2) is 15.5 Å². The van der Waals surface area contributed by atoms with Gasteiger partial charge in [-0.1, -0.05) is 11.6 Å². The van der Waals surface area contributed by atoms with Crippen LogP contribution >= 0.6 is 11.6 Å². The highest BCUT2D eigenvalue weighted by molar-refractivity contribution is 7.92. The van der Waals surface area contributed by atoms with E-state index in [9.17, 15) is 13.7 Å². The summed E-state index contributed by atoms with van der Waals surface area (Å²) in [6.45, 7) is 4.27. The number of aromatic nitrogens is 2. The van der Waals surface area contributed by atoms with Crippen molar-refractivity contribution in [3.8, 4) is 6.07 Å². The van der Waals surface area contributed by atoms with Crippen molar-refractivity contribution in [1.82, 2.24) is 9.38 Å². The molecule has 2 N–H and O–H groups in total. The fraction of sp³-hybridized carbons (Fsp3) is 0.467. The lowest BCUT2D eigenvalue weighted by molar-refractivity contribution is 0.567. The number of nitriles is 1. The first-order valence-electron chi connectivity index (χ1n) is 7.58. The van der Waals surface area contributed by atoms with Crippen LogP contribution in [0.1, 0.15) is 31.1 Å². The second kappa shape index (κ2) is 5.92. The first kappa shape index (κ1) is 17.0. The molecule has 128 valence electrons. The lowest BCUT2D eigenvalue weighted by atomic mass is 10.1. The number of fused-ring (bicyclic) bond motifs is 1. The van der Waals surface area contributed by atoms with Gasteiger partial charge in [0.05, 0.1) is 16.0 Å². The minimum absolute atomic E-state index is 0.0798. The maximum absolute atomic E-state index is 12.0. The molecule has 7 nitrogen and oxygen atoms in total. The fourth-order valence-electron chi connectivity index (χ4n) is 3.04. The summed E-state index contributed by atoms with van der Waals surface area (Å²) in [4.78, 5) is 6.09. The number of pyridine rings is 1. The van der Waals surface area contributed by atoms with Gasteiger partial charge >= 0.3 is 0 Å². The summed E-state index contributed by atoms with van der Waals surface area (Å²) in [5.41, 5.74) is 7.64. The number of anilines is 1. The van der Waals surface area contributed by atoms with Crippen molar-refractivity contribution in [1.29, 1.82) is 5.26 Å². The van der Waals surface area contributed by atoms with Gasteiger partial charge in [-0.25, -0.2) is 13.4 Å². The number of hydrogen-bond donors (Lipinski definition) is 1. The standard InChI is InChI=1S/C15H18ClN5O2S/c1-9-7-20(3-4-24(9,22)23)15-11(10(2)18)5-12(16)14-13(6-17)19-8-21(14)15/h5,8-10H,3-4,7,18H2,1-2H3. The van der Waals surface area contributed by atoms with Crippen molar-refractivity contribution in [3.05, 3.63) is 28.7 Å². The molecule has 2 aromatic rings. The van der Waals surface area contributed by atoms with E-state index in [1.165, 1.54) is 6.33 Å². The summed E-state index contributed by atoms with van der Waals surface area (Å²) in [6.07, 6.45) is 1.54. The van der Waals surface area contributed by atoms with Crippen molar-refractivity contribution >= 4 is 32.8 Å². The number of hydrogen-bond acceptors (Lipinski definition) is 6. The van der Waals surface area contributed by atoms with Crippen LogP contribution in [-0.4, -0.2) is 41.9 Å². The minimum Gasteiger partial charge on any atom is -0.355 e. The van der Waals surface area contributed by atoms with Gasteiger partial charge in [0, 0.05) is 24.7 Å². The van der Waals surface area contributed by atoms with Crippen LogP contribution in [0.15, 0.2) is 12.4 Å². The second-order valence-electron chi connectivity index (χ2n) is 6.11. The van der Waals surface area contributed by atoms with Crippen molar-refractivity contribution < 1.29 is 8.42 Å². The molecular formula is C15H18ClN5O2S. The largest absolute Gasteiger partial charge is 0.355 e. The first-order valence-corrected chi connectivity index (χ1v) is 9.67. The molecule has 0 amide bonds. The number of sulfone groups is 1. The van der Waals surface area contributed by atoms with Gasteiger partial charge in [-0.3, -0.25) is 4.40 Å². The van der Waals surface area contributed by atoms with E-state index in [2.05, 4.69) is 4.98 Å². The van der Waals surface area contributed by atoms with E-state index in [1.807, 2.05) is 17.9 Å². The molecule has 3 heterocycles. The van der Waals surface area contributed by atoms with Crippen LogP contribution in [0.25, 0.3) is 5.52 Å². The summed E-state index contributed by atoms with van der Waals surface area (Å²) >= 11 is 6.33. The summed E-state index contributed by atoms with van der Waals surface area (Å²) in [7, 11) is -3.07. The molecule has 24 heavy (non-hydrogen) atoms. The smallest absolute Gasteiger partial charge is 0.167 e. The van der Waals surface area contributed by atoms with Crippen LogP contribution < -0.4 is 10.6 Å². The third-order valence-electron chi connectivity index (χ3n) is 4.39. The molecule has 2 atom stereocenters. The number of nitrogens with two attached hydrogens (primary N) is 1. The molecule has 1 saturated heterocycles. The lowest BCUT2D eigenvalue weighted by Crippen LogP contribution is -2.46. The molecule has 1 fully saturated rings. The highest BCUT2D eigenvalue weighted by atomic mass is 35.5. The van der Waals surface area contributed by atoms with Gasteiger partial charge in [-0.05, 0) is 19.9 Å². The van der Waals surface area contributed by atoms with Gasteiger partial charge < -0.3 is 10.6 Å². The van der Waals surface area contributed by atoms with Gasteiger partial charge in [-0.15, -0.1) is 0 Å². The third kappa shape index (κ3) is 2.62. The van der Waals surface area contributed by atoms with E-state index < -0.39 is 15.1 Å². The molecule has 0 aromatic carbocycles. The Kier molecular flexibility index (Phi) is 4.20. The van der Waals surface area contributed by atoms with Crippen LogP contribution in [-0.2, 0) is 9.84 Å². The zero-order chi connectivity index (χ0) is 17.6. The number of imidazole rings is 1. The summed E-state index contributed by atoms with van der Waals surface area (Å²) < 4.78 is 25.8. The zero-order valence-corrected chi connectivity index (χ0v) is 15.0. The SMILES string of the molecule is CC(N)c1cc(Cl)c2c(C#N)ncn2c1N1CCS(=O)(=O)C(C)C1. The first-order chi connectivity index (χ1) is 11.3. The summed E-state index contributed by atoms with van der Waals surface area (Å²) in [5, 5.41) is 9.16. The van der Waals surface area contributed by atoms with Gasteiger partial charge in [0.1, 0.15) is 23.7 Å². The van der Waals surface area contributed by atoms with E-state index in [0.717, 1.165) is 11.4 Å². The van der Waals surface area contributed by atoms with Gasteiger partial charge in [0.25, 0.3) is 0 Å². The Hall–Kier alpha value is -1.82. The van der Waals surface area contributed by atoms with E-state index in [1.54, 1.807) is 17.4 Å². The number of rotatable bonds is 2. The Bertz CT molecular complexity index is 945. The van der Waals surface area contributed by atoms with Crippen molar-refractivity contribution in [2.75, 3.05) is 23.7 Å². The van der Waals surface area contributed by atoms with E-state index in [4.69, 9.17) is 17.3 Å². The maximum atomic E-state index is 12.0. The Balaban J connectivity index is 2.23. The van der Waals surface area contributed by atoms with E-state index >= 15 is 0 Å². The van der Waals surface area contributed by atoms with Crippen LogP contribution in [0, 0.1) is 11.3 Å². The van der Waals surface area contributed by atoms with E-state index in [0.29, 0.717) is 23.6 Å². The maximum Gasteiger partial charge on any atom is 0.167 e. The summed E-state index contributed by atoms with van der Waals surface area (Å²) in [5.74, 6) is 0.830. The Morgan fingerprint density at radius 2 is 2.25 bits per heavy atom. The normalized spacial score (nSPS) is 21.6. The molecule has 0 radical (unpaired) electrons. The molecule has 0 saturated carbocycles. The minimum atomic E-state index is -3.07. The predicted octanol–water partition coefficient (Wildman–Crippen LogP) is 1.50. The average Bonchev–Trinajstić information content (AvgIpc) is 2.94. The summed E-state index contributed by atoms with van der Waals surface area (Å²) in [6, 6.07) is 3.47. The highest BCUT2D eigenvalue weighted by Gasteiger charge is 2.32. The molecule has 3 rings (SSSR count). The molecule has 2 unspecified atom stereocenters. The molecule has 9 heteroatoms. The number of nitrogens with zero attached hydrogens (tertiary/aromatic N) is 4. The molecule has 0 bridgehead atoms. The Morgan fingerprint density at radius 3 is 2.83 bits per heavy atom. The molecular weight excluding hydrogens is 350 g/mol. The Labute approximate surface area is 145 Å². The van der Waals surface area contributed by atoms with Crippen LogP contribution in [0.2, 0.25) is 5.02 Å².